The first-order valence-corrected chi connectivity index (χ1v) is 12.7. The minimum absolute atomic E-state index is 0.0763. The molecule has 2 heterocycles. The lowest BCUT2D eigenvalue weighted by Crippen LogP contribution is -2.46. The highest BCUT2D eigenvalue weighted by Gasteiger charge is 2.33. The van der Waals surface area contributed by atoms with Gasteiger partial charge in [-0.15, -0.1) is 0 Å². The van der Waals surface area contributed by atoms with E-state index in [1.54, 1.807) is 0 Å². The quantitative estimate of drug-likeness (QED) is 0.359. The van der Waals surface area contributed by atoms with Gasteiger partial charge < -0.3 is 9.32 Å². The molecular formula is C26H23F2N3O3S. The number of halogens is 2. The third-order valence-corrected chi connectivity index (χ3v) is 7.63. The van der Waals surface area contributed by atoms with Crippen LogP contribution in [0.5, 0.6) is 0 Å². The number of oxazole rings is 1. The molecule has 4 aromatic rings. The molecule has 9 heteroatoms. The third-order valence-electron chi connectivity index (χ3n) is 5.96. The molecule has 0 radical (unpaired) electrons. The van der Waals surface area contributed by atoms with Gasteiger partial charge in [0.25, 0.3) is 0 Å². The molecule has 1 aromatic heterocycles. The van der Waals surface area contributed by atoms with Gasteiger partial charge in [0, 0.05) is 38.3 Å². The standard InChI is InChI=1S/C26H23F2N3O3S/c27-21-8-6-20(7-9-21)24-29-25(35(32,33)23-12-10-22(28)11-13-23)26(34-24)31-16-14-30(15-17-31)18-19-4-2-1-3-5-19/h1-13H,14-18H2. The van der Waals surface area contributed by atoms with Crippen LogP contribution >= 0.6 is 0 Å². The van der Waals surface area contributed by atoms with E-state index in [9.17, 15) is 17.2 Å². The number of benzene rings is 3. The summed E-state index contributed by atoms with van der Waals surface area (Å²) in [7, 11) is -4.09. The van der Waals surface area contributed by atoms with Crippen molar-refractivity contribution in [3.8, 4) is 11.5 Å². The largest absolute Gasteiger partial charge is 0.419 e. The van der Waals surface area contributed by atoms with Gasteiger partial charge in [0.1, 0.15) is 11.6 Å². The molecular weight excluding hydrogens is 472 g/mol. The normalized spacial score (nSPS) is 14.9. The predicted octanol–water partition coefficient (Wildman–Crippen LogP) is 4.77. The molecule has 1 aliphatic rings. The van der Waals surface area contributed by atoms with E-state index in [0.29, 0.717) is 31.7 Å². The van der Waals surface area contributed by atoms with Crippen LogP contribution in [0, 0.1) is 11.6 Å². The topological polar surface area (TPSA) is 66.7 Å². The van der Waals surface area contributed by atoms with Crippen molar-refractivity contribution in [2.45, 2.75) is 16.5 Å². The molecule has 0 amide bonds. The zero-order valence-electron chi connectivity index (χ0n) is 18.8. The van der Waals surface area contributed by atoms with Crippen molar-refractivity contribution >= 4 is 15.7 Å². The Morgan fingerprint density at radius 3 is 2.03 bits per heavy atom. The minimum atomic E-state index is -4.09. The molecule has 1 fully saturated rings. The predicted molar refractivity (Wildman–Crippen MR) is 128 cm³/mol. The first-order chi connectivity index (χ1) is 16.9. The Morgan fingerprint density at radius 1 is 0.800 bits per heavy atom. The van der Waals surface area contributed by atoms with E-state index < -0.39 is 21.5 Å². The molecule has 6 nitrogen and oxygen atoms in total. The van der Waals surface area contributed by atoms with Crippen molar-refractivity contribution < 1.29 is 21.6 Å². The van der Waals surface area contributed by atoms with Gasteiger partial charge in [-0.2, -0.15) is 4.98 Å². The Balaban J connectivity index is 1.46. The molecule has 0 bridgehead atoms. The average molecular weight is 496 g/mol. The van der Waals surface area contributed by atoms with Crippen LogP contribution in [0.3, 0.4) is 0 Å². The van der Waals surface area contributed by atoms with Crippen molar-refractivity contribution in [2.75, 3.05) is 31.1 Å². The zero-order valence-corrected chi connectivity index (χ0v) is 19.6. The van der Waals surface area contributed by atoms with E-state index in [2.05, 4.69) is 22.0 Å². The molecule has 180 valence electrons. The number of sulfone groups is 1. The highest BCUT2D eigenvalue weighted by molar-refractivity contribution is 7.91. The van der Waals surface area contributed by atoms with Gasteiger partial charge in [-0.05, 0) is 54.1 Å². The maximum absolute atomic E-state index is 13.5. The van der Waals surface area contributed by atoms with E-state index in [4.69, 9.17) is 4.42 Å². The van der Waals surface area contributed by atoms with Crippen LogP contribution in [0.1, 0.15) is 5.56 Å². The van der Waals surface area contributed by atoms with Crippen LogP contribution in [0.15, 0.2) is 93.2 Å². The second-order valence-corrected chi connectivity index (χ2v) is 10.2. The number of anilines is 1. The summed E-state index contributed by atoms with van der Waals surface area (Å²) >= 11 is 0. The third kappa shape index (κ3) is 4.96. The molecule has 0 atom stereocenters. The summed E-state index contributed by atoms with van der Waals surface area (Å²) in [5.74, 6) is -0.750. The molecule has 0 unspecified atom stereocenters. The van der Waals surface area contributed by atoms with Crippen molar-refractivity contribution in [1.29, 1.82) is 0 Å². The molecule has 1 saturated heterocycles. The van der Waals surface area contributed by atoms with Crippen molar-refractivity contribution in [1.82, 2.24) is 9.88 Å². The molecule has 0 aliphatic carbocycles. The van der Waals surface area contributed by atoms with Crippen LogP contribution < -0.4 is 4.90 Å². The molecule has 0 spiro atoms. The summed E-state index contributed by atoms with van der Waals surface area (Å²) in [5, 5.41) is -0.236. The maximum Gasteiger partial charge on any atom is 0.236 e. The number of rotatable bonds is 6. The average Bonchev–Trinajstić information content (AvgIpc) is 3.32. The van der Waals surface area contributed by atoms with Gasteiger partial charge >= 0.3 is 0 Å². The molecule has 0 saturated carbocycles. The SMILES string of the molecule is O=S(=O)(c1ccc(F)cc1)c1nc(-c2ccc(F)cc2)oc1N1CCN(Cc2ccccc2)CC1. The van der Waals surface area contributed by atoms with Crippen LogP contribution in [0.25, 0.3) is 11.5 Å². The molecule has 1 aliphatic heterocycles. The lowest BCUT2D eigenvalue weighted by Gasteiger charge is -2.34. The van der Waals surface area contributed by atoms with Gasteiger partial charge in [-0.25, -0.2) is 17.2 Å². The van der Waals surface area contributed by atoms with Gasteiger partial charge in [-0.3, -0.25) is 4.90 Å². The summed E-state index contributed by atoms with van der Waals surface area (Å²) in [4.78, 5) is 8.38. The van der Waals surface area contributed by atoms with E-state index in [0.717, 1.165) is 18.7 Å². The van der Waals surface area contributed by atoms with Gasteiger partial charge in [0.15, 0.2) is 0 Å². The number of piperazine rings is 1. The van der Waals surface area contributed by atoms with Gasteiger partial charge in [0.2, 0.25) is 26.6 Å². The highest BCUT2D eigenvalue weighted by atomic mass is 32.2. The number of hydrogen-bond acceptors (Lipinski definition) is 6. The highest BCUT2D eigenvalue weighted by Crippen LogP contribution is 2.35. The fraction of sp³-hybridized carbons (Fsp3) is 0.192. The summed E-state index contributed by atoms with van der Waals surface area (Å²) < 4.78 is 59.8. The Labute approximate surface area is 202 Å². The van der Waals surface area contributed by atoms with Crippen LogP contribution in [-0.4, -0.2) is 44.5 Å². The van der Waals surface area contributed by atoms with Crippen LogP contribution in [-0.2, 0) is 16.4 Å². The maximum atomic E-state index is 13.5. The Morgan fingerprint density at radius 2 is 1.40 bits per heavy atom. The van der Waals surface area contributed by atoms with Crippen molar-refractivity contribution in [2.24, 2.45) is 0 Å². The first kappa shape index (κ1) is 23.2. The lowest BCUT2D eigenvalue weighted by atomic mass is 10.2. The van der Waals surface area contributed by atoms with Crippen LogP contribution in [0.2, 0.25) is 0 Å². The number of nitrogens with zero attached hydrogens (tertiary/aromatic N) is 3. The summed E-state index contributed by atoms with van der Waals surface area (Å²) in [6, 6.07) is 20.2. The Hall–Kier alpha value is -3.56. The van der Waals surface area contributed by atoms with Gasteiger partial charge in [-0.1, -0.05) is 30.3 Å². The van der Waals surface area contributed by atoms with Crippen LogP contribution in [0.4, 0.5) is 14.7 Å². The lowest BCUT2D eigenvalue weighted by molar-refractivity contribution is 0.245. The first-order valence-electron chi connectivity index (χ1n) is 11.2. The summed E-state index contributed by atoms with van der Waals surface area (Å²) in [6.07, 6.45) is 0. The van der Waals surface area contributed by atoms with E-state index in [1.807, 2.05) is 23.1 Å². The second kappa shape index (κ2) is 9.59. The second-order valence-electron chi connectivity index (χ2n) is 8.34. The number of aromatic nitrogens is 1. The van der Waals surface area contributed by atoms with Crippen molar-refractivity contribution in [3.63, 3.8) is 0 Å². The monoisotopic (exact) mass is 495 g/mol. The van der Waals surface area contributed by atoms with E-state index >= 15 is 0 Å². The van der Waals surface area contributed by atoms with Crippen molar-refractivity contribution in [3.05, 3.63) is 96.1 Å². The molecule has 35 heavy (non-hydrogen) atoms. The summed E-state index contributed by atoms with van der Waals surface area (Å²) in [5.41, 5.74) is 1.66. The molecule has 5 rings (SSSR count). The van der Waals surface area contributed by atoms with E-state index in [-0.39, 0.29) is 21.7 Å². The number of hydrogen-bond donors (Lipinski definition) is 0. The fourth-order valence-corrected chi connectivity index (χ4v) is 5.39. The molecule has 0 N–H and O–H groups in total. The summed E-state index contributed by atoms with van der Waals surface area (Å²) in [6.45, 7) is 3.29. The Bertz CT molecular complexity index is 1400. The fourth-order valence-electron chi connectivity index (χ4n) is 4.06. The zero-order chi connectivity index (χ0) is 24.4. The smallest absolute Gasteiger partial charge is 0.236 e. The van der Waals surface area contributed by atoms with Gasteiger partial charge in [0.05, 0.1) is 4.90 Å². The Kier molecular flexibility index (Phi) is 6.36. The molecule has 3 aromatic carbocycles. The minimum Gasteiger partial charge on any atom is -0.419 e. The van der Waals surface area contributed by atoms with E-state index in [1.165, 1.54) is 42.0 Å².